The van der Waals surface area contributed by atoms with Crippen LogP contribution in [0.15, 0.2) is 0 Å². The van der Waals surface area contributed by atoms with Crippen LogP contribution in [0.3, 0.4) is 0 Å². The summed E-state index contributed by atoms with van der Waals surface area (Å²) in [5.74, 6) is 0.827. The Balaban J connectivity index is 1.69. The van der Waals surface area contributed by atoms with Crippen LogP contribution >= 0.6 is 0 Å². The Labute approximate surface area is 87.4 Å². The van der Waals surface area contributed by atoms with Crippen molar-refractivity contribution in [3.8, 4) is 0 Å². The fourth-order valence-corrected chi connectivity index (χ4v) is 2.24. The predicted molar refractivity (Wildman–Crippen MR) is 58.3 cm³/mol. The van der Waals surface area contributed by atoms with E-state index in [0.29, 0.717) is 5.41 Å². The number of ether oxygens (including phenoxy) is 1. The molecule has 2 aliphatic carbocycles. The minimum atomic E-state index is 0.640. The van der Waals surface area contributed by atoms with Crippen LogP contribution in [0.25, 0.3) is 0 Å². The molecule has 0 radical (unpaired) electrons. The lowest BCUT2D eigenvalue weighted by molar-refractivity contribution is 0.158. The molecule has 0 aliphatic heterocycles. The van der Waals surface area contributed by atoms with E-state index in [1.165, 1.54) is 38.6 Å². The van der Waals surface area contributed by atoms with Crippen LogP contribution in [0, 0.1) is 11.3 Å². The van der Waals surface area contributed by atoms with E-state index in [9.17, 15) is 0 Å². The first-order valence-electron chi connectivity index (χ1n) is 5.99. The number of hydrogen-bond donors (Lipinski definition) is 1. The smallest absolute Gasteiger partial charge is 0.0465 e. The van der Waals surface area contributed by atoms with Crippen molar-refractivity contribution in [3.63, 3.8) is 0 Å². The van der Waals surface area contributed by atoms with Crippen molar-refractivity contribution < 1.29 is 4.74 Å². The van der Waals surface area contributed by atoms with Gasteiger partial charge in [0.2, 0.25) is 0 Å². The predicted octanol–water partition coefficient (Wildman–Crippen LogP) is 2.19. The number of methoxy groups -OCH3 is 1. The summed E-state index contributed by atoms with van der Waals surface area (Å²) < 4.78 is 5.15. The maximum Gasteiger partial charge on any atom is 0.0465 e. The molecule has 1 atom stereocenters. The second-order valence-electron chi connectivity index (χ2n) is 5.20. The van der Waals surface area contributed by atoms with Crippen LogP contribution in [-0.2, 0) is 4.74 Å². The van der Waals surface area contributed by atoms with Gasteiger partial charge in [-0.1, -0.05) is 6.92 Å². The molecule has 0 amide bonds. The Morgan fingerprint density at radius 2 is 2.14 bits per heavy atom. The van der Waals surface area contributed by atoms with Crippen molar-refractivity contribution in [2.75, 3.05) is 20.3 Å². The average molecular weight is 197 g/mol. The van der Waals surface area contributed by atoms with Gasteiger partial charge in [0.1, 0.15) is 0 Å². The molecule has 0 aromatic carbocycles. The van der Waals surface area contributed by atoms with Gasteiger partial charge >= 0.3 is 0 Å². The molecule has 0 aromatic heterocycles. The molecular weight excluding hydrogens is 174 g/mol. The lowest BCUT2D eigenvalue weighted by atomic mass is 9.88. The topological polar surface area (TPSA) is 21.3 Å². The fourth-order valence-electron chi connectivity index (χ4n) is 2.24. The molecule has 2 aliphatic rings. The molecule has 2 rings (SSSR count). The highest BCUT2D eigenvalue weighted by Crippen LogP contribution is 2.52. The van der Waals surface area contributed by atoms with Gasteiger partial charge in [-0.25, -0.2) is 0 Å². The first-order chi connectivity index (χ1) is 6.77. The summed E-state index contributed by atoms with van der Waals surface area (Å²) in [6.45, 7) is 4.56. The summed E-state index contributed by atoms with van der Waals surface area (Å²) in [6, 6.07) is 0.863. The number of rotatable bonds is 7. The van der Waals surface area contributed by atoms with Crippen LogP contribution < -0.4 is 5.32 Å². The summed E-state index contributed by atoms with van der Waals surface area (Å²) in [5, 5.41) is 3.68. The monoisotopic (exact) mass is 197 g/mol. The SMILES string of the molecule is COCCC(C)C1(CNC2CC2)CC1. The molecule has 0 aromatic rings. The molecule has 0 bridgehead atoms. The molecule has 14 heavy (non-hydrogen) atoms. The van der Waals surface area contributed by atoms with Gasteiger partial charge in [0.25, 0.3) is 0 Å². The fraction of sp³-hybridized carbons (Fsp3) is 1.00. The summed E-state index contributed by atoms with van der Waals surface area (Å²) >= 11 is 0. The molecule has 0 heterocycles. The standard InChI is InChI=1S/C12H23NO/c1-10(5-8-14-2)12(6-7-12)9-13-11-3-4-11/h10-11,13H,3-9H2,1-2H3. The second kappa shape index (κ2) is 4.19. The molecule has 2 saturated carbocycles. The Hall–Kier alpha value is -0.0800. The van der Waals surface area contributed by atoms with E-state index in [-0.39, 0.29) is 0 Å². The number of hydrogen-bond acceptors (Lipinski definition) is 2. The van der Waals surface area contributed by atoms with Gasteiger partial charge in [0.05, 0.1) is 0 Å². The normalized spacial score (nSPS) is 26.1. The maximum absolute atomic E-state index is 5.15. The Morgan fingerprint density at radius 1 is 1.43 bits per heavy atom. The van der Waals surface area contributed by atoms with Crippen molar-refractivity contribution in [2.45, 2.75) is 45.1 Å². The van der Waals surface area contributed by atoms with Crippen molar-refractivity contribution in [3.05, 3.63) is 0 Å². The highest BCUT2D eigenvalue weighted by atomic mass is 16.5. The van der Waals surface area contributed by atoms with Gasteiger partial charge in [-0.3, -0.25) is 0 Å². The average Bonchev–Trinajstić information content (AvgIpc) is 3.02. The van der Waals surface area contributed by atoms with Crippen LogP contribution in [0.5, 0.6) is 0 Å². The molecule has 2 heteroatoms. The van der Waals surface area contributed by atoms with Crippen molar-refractivity contribution in [1.82, 2.24) is 5.32 Å². The van der Waals surface area contributed by atoms with E-state index in [1.54, 1.807) is 7.11 Å². The first-order valence-corrected chi connectivity index (χ1v) is 5.99. The molecule has 1 N–H and O–H groups in total. The van der Waals surface area contributed by atoms with E-state index in [0.717, 1.165) is 18.6 Å². The van der Waals surface area contributed by atoms with Crippen LogP contribution in [-0.4, -0.2) is 26.3 Å². The molecule has 0 spiro atoms. The minimum absolute atomic E-state index is 0.640. The van der Waals surface area contributed by atoms with Crippen molar-refractivity contribution in [2.24, 2.45) is 11.3 Å². The first kappa shape index (κ1) is 10.4. The van der Waals surface area contributed by atoms with E-state index in [1.807, 2.05) is 0 Å². The summed E-state index contributed by atoms with van der Waals surface area (Å²) in [6.07, 6.45) is 6.89. The van der Waals surface area contributed by atoms with Gasteiger partial charge < -0.3 is 10.1 Å². The number of nitrogens with one attached hydrogen (secondary N) is 1. The molecule has 2 nitrogen and oxygen atoms in total. The summed E-state index contributed by atoms with van der Waals surface area (Å²) in [7, 11) is 1.80. The third-order valence-corrected chi connectivity index (χ3v) is 4.01. The highest BCUT2D eigenvalue weighted by Gasteiger charge is 2.47. The van der Waals surface area contributed by atoms with Gasteiger partial charge in [-0.15, -0.1) is 0 Å². The van der Waals surface area contributed by atoms with Crippen molar-refractivity contribution >= 4 is 0 Å². The Morgan fingerprint density at radius 3 is 2.64 bits per heavy atom. The zero-order valence-electron chi connectivity index (χ0n) is 9.51. The van der Waals surface area contributed by atoms with Crippen LogP contribution in [0.4, 0.5) is 0 Å². The van der Waals surface area contributed by atoms with E-state index >= 15 is 0 Å². The highest BCUT2D eigenvalue weighted by molar-refractivity contribution is 5.00. The van der Waals surface area contributed by atoms with Gasteiger partial charge in [0.15, 0.2) is 0 Å². The van der Waals surface area contributed by atoms with Gasteiger partial charge in [-0.2, -0.15) is 0 Å². The quantitative estimate of drug-likeness (QED) is 0.675. The minimum Gasteiger partial charge on any atom is -0.385 e. The molecule has 2 fully saturated rings. The van der Waals surface area contributed by atoms with E-state index in [2.05, 4.69) is 12.2 Å². The Kier molecular flexibility index (Phi) is 3.13. The van der Waals surface area contributed by atoms with Crippen LogP contribution in [0.1, 0.15) is 39.0 Å². The third-order valence-electron chi connectivity index (χ3n) is 4.01. The zero-order valence-corrected chi connectivity index (χ0v) is 9.51. The lowest BCUT2D eigenvalue weighted by Crippen LogP contribution is -2.30. The summed E-state index contributed by atoms with van der Waals surface area (Å²) in [4.78, 5) is 0. The zero-order chi connectivity index (χ0) is 10.0. The molecule has 82 valence electrons. The van der Waals surface area contributed by atoms with Crippen LogP contribution in [0.2, 0.25) is 0 Å². The van der Waals surface area contributed by atoms with E-state index < -0.39 is 0 Å². The molecule has 0 saturated heterocycles. The van der Waals surface area contributed by atoms with E-state index in [4.69, 9.17) is 4.74 Å². The molecule has 1 unspecified atom stereocenters. The summed E-state index contributed by atoms with van der Waals surface area (Å²) in [5.41, 5.74) is 0.640. The molecular formula is C12H23NO. The maximum atomic E-state index is 5.15. The lowest BCUT2D eigenvalue weighted by Gasteiger charge is -2.23. The second-order valence-corrected chi connectivity index (χ2v) is 5.20. The largest absolute Gasteiger partial charge is 0.385 e. The third kappa shape index (κ3) is 2.48. The Bertz CT molecular complexity index is 185. The van der Waals surface area contributed by atoms with Gasteiger partial charge in [-0.05, 0) is 43.4 Å². The van der Waals surface area contributed by atoms with Gasteiger partial charge in [0, 0.05) is 26.3 Å². The van der Waals surface area contributed by atoms with Crippen molar-refractivity contribution in [1.29, 1.82) is 0 Å².